The van der Waals surface area contributed by atoms with Crippen LogP contribution in [0.1, 0.15) is 309 Å². The molecule has 83 heavy (non-hydrogen) atoms. The van der Waals surface area contributed by atoms with Crippen LogP contribution >= 0.6 is 0 Å². The van der Waals surface area contributed by atoms with Crippen LogP contribution in [0, 0.1) is 0 Å². The molecule has 0 bridgehead atoms. The van der Waals surface area contributed by atoms with E-state index in [-0.39, 0.29) is 38.6 Å². The number of unbranched alkanes of at least 4 members (excludes halogenated alkanes) is 35. The minimum Gasteiger partial charge on any atom is -0.545 e. The van der Waals surface area contributed by atoms with Crippen LogP contribution in [0.3, 0.4) is 0 Å². The van der Waals surface area contributed by atoms with Gasteiger partial charge in [-0.25, -0.2) is 0 Å². The van der Waals surface area contributed by atoms with Crippen molar-refractivity contribution in [2.45, 2.75) is 322 Å². The molecular formula is C74H131NO8. The number of ether oxygens (including phenoxy) is 4. The number of quaternary nitrogens is 1. The molecule has 0 rings (SSSR count). The number of hydrogen-bond acceptors (Lipinski definition) is 8. The predicted octanol–water partition coefficient (Wildman–Crippen LogP) is 20.1. The maximum Gasteiger partial charge on any atom is 0.306 e. The van der Waals surface area contributed by atoms with Gasteiger partial charge in [0.15, 0.2) is 12.4 Å². The molecule has 0 amide bonds. The zero-order valence-electron chi connectivity index (χ0n) is 54.8. The van der Waals surface area contributed by atoms with Crippen LogP contribution < -0.4 is 5.11 Å². The predicted molar refractivity (Wildman–Crippen MR) is 352 cm³/mol. The lowest BCUT2D eigenvalue weighted by Gasteiger charge is -2.26. The number of carboxylic acids is 1. The van der Waals surface area contributed by atoms with Gasteiger partial charge in [0.25, 0.3) is 0 Å². The number of allylic oxidation sites excluding steroid dienone is 14. The quantitative estimate of drug-likeness (QED) is 0.0195. The second-order valence-corrected chi connectivity index (χ2v) is 24.4. The van der Waals surface area contributed by atoms with E-state index in [1.165, 1.54) is 180 Å². The molecule has 2 atom stereocenters. The number of rotatable bonds is 64. The molecule has 0 aliphatic carbocycles. The SMILES string of the molecule is CC/C=C\C/C=C\C/C=C\C/C=C\C/C=C\C/C=C\CCCCCCCCC(=O)OC(COC(=O)CCCCCCCCCCCCCCCCCCCCCCC/C=C\CCCCCCCCCC)COC(OCC[N+](C)(C)C)C(=O)[O-]. The molecule has 0 radical (unpaired) electrons. The molecule has 0 fully saturated rings. The van der Waals surface area contributed by atoms with Gasteiger partial charge >= 0.3 is 11.9 Å². The second kappa shape index (κ2) is 64.5. The van der Waals surface area contributed by atoms with Crippen LogP contribution in [0.4, 0.5) is 0 Å². The maximum absolute atomic E-state index is 12.9. The summed E-state index contributed by atoms with van der Waals surface area (Å²) in [4.78, 5) is 37.5. The maximum atomic E-state index is 12.9. The molecule has 0 N–H and O–H groups in total. The summed E-state index contributed by atoms with van der Waals surface area (Å²) in [5, 5.41) is 11.8. The lowest BCUT2D eigenvalue weighted by molar-refractivity contribution is -0.870. The fraction of sp³-hybridized carbons (Fsp3) is 0.770. The van der Waals surface area contributed by atoms with Crippen molar-refractivity contribution < 1.29 is 42.9 Å². The zero-order chi connectivity index (χ0) is 60.5. The zero-order valence-corrected chi connectivity index (χ0v) is 54.8. The Bertz CT molecular complexity index is 1640. The van der Waals surface area contributed by atoms with Gasteiger partial charge in [0, 0.05) is 12.8 Å². The van der Waals surface area contributed by atoms with Crippen LogP contribution in [-0.2, 0) is 33.3 Å². The number of likely N-dealkylation sites (N-methyl/N-ethyl adjacent to an activating group) is 1. The Morgan fingerprint density at radius 2 is 0.687 bits per heavy atom. The van der Waals surface area contributed by atoms with Crippen molar-refractivity contribution in [3.63, 3.8) is 0 Å². The average Bonchev–Trinajstić information content (AvgIpc) is 3.46. The first-order chi connectivity index (χ1) is 40.6. The summed E-state index contributed by atoms with van der Waals surface area (Å²) in [6.45, 7) is 4.65. The van der Waals surface area contributed by atoms with Crippen molar-refractivity contribution in [3.05, 3.63) is 85.1 Å². The van der Waals surface area contributed by atoms with Crippen molar-refractivity contribution >= 4 is 17.9 Å². The number of esters is 2. The van der Waals surface area contributed by atoms with Gasteiger partial charge in [-0.15, -0.1) is 0 Å². The lowest BCUT2D eigenvalue weighted by atomic mass is 10.0. The largest absolute Gasteiger partial charge is 0.545 e. The molecule has 0 aromatic heterocycles. The molecular weight excluding hydrogens is 1030 g/mol. The van der Waals surface area contributed by atoms with Crippen molar-refractivity contribution in [1.82, 2.24) is 0 Å². The Morgan fingerprint density at radius 1 is 0.373 bits per heavy atom. The first kappa shape index (κ1) is 79.5. The topological polar surface area (TPSA) is 111 Å². The van der Waals surface area contributed by atoms with E-state index in [4.69, 9.17) is 18.9 Å². The first-order valence-corrected chi connectivity index (χ1v) is 34.7. The van der Waals surface area contributed by atoms with Gasteiger partial charge in [-0.05, 0) is 89.9 Å². The van der Waals surface area contributed by atoms with Crippen LogP contribution in [0.15, 0.2) is 85.1 Å². The average molecular weight is 1160 g/mol. The number of nitrogens with zero attached hydrogens (tertiary/aromatic N) is 1. The number of carbonyl (C=O) groups is 3. The molecule has 0 aromatic carbocycles. The summed E-state index contributed by atoms with van der Waals surface area (Å²) in [6, 6.07) is 0. The van der Waals surface area contributed by atoms with E-state index in [0.717, 1.165) is 96.3 Å². The minimum atomic E-state index is -1.63. The van der Waals surface area contributed by atoms with Gasteiger partial charge in [0.2, 0.25) is 0 Å². The summed E-state index contributed by atoms with van der Waals surface area (Å²) in [5.41, 5.74) is 0. The van der Waals surface area contributed by atoms with Crippen LogP contribution in [0.25, 0.3) is 0 Å². The molecule has 9 heteroatoms. The highest BCUT2D eigenvalue weighted by Crippen LogP contribution is 2.18. The summed E-state index contributed by atoms with van der Waals surface area (Å²) in [5.74, 6) is -2.29. The Hall–Kier alpha value is -3.53. The fourth-order valence-electron chi connectivity index (χ4n) is 9.83. The number of carbonyl (C=O) groups excluding carboxylic acids is 3. The molecule has 0 aliphatic heterocycles. The van der Waals surface area contributed by atoms with E-state index in [1.807, 2.05) is 21.1 Å². The lowest BCUT2D eigenvalue weighted by Crippen LogP contribution is -2.44. The Kier molecular flexibility index (Phi) is 61.7. The van der Waals surface area contributed by atoms with Gasteiger partial charge in [0.1, 0.15) is 13.2 Å². The monoisotopic (exact) mass is 1160 g/mol. The third-order valence-corrected chi connectivity index (χ3v) is 15.1. The normalized spacial score (nSPS) is 13.2. The standard InChI is InChI=1S/C74H131NO8/c1-6-8-10-12-14-16-18-20-22-24-26-28-30-32-33-34-35-36-37-38-39-41-42-44-46-48-50-52-54-56-58-60-62-64-71(76)81-68-70(69-82-74(73(78)79)80-67-66-75(3,4)5)83-72(77)65-63-61-59-57-55-53-51-49-47-45-43-40-31-29-27-25-23-21-19-17-15-13-11-9-7-2/h9,11,15,17,21,23-24,26-27,29,40,43,47,49,70,74H,6-8,10,12-14,16,18-20,22,25,28,30-39,41-42,44-46,48,50-69H2,1-5H3/b11-9-,17-15-,23-21-,26-24-,29-27-,43-40-,49-47-. The molecule has 2 unspecified atom stereocenters. The van der Waals surface area contributed by atoms with Crippen molar-refractivity contribution in [2.24, 2.45) is 0 Å². The van der Waals surface area contributed by atoms with E-state index in [9.17, 15) is 19.5 Å². The molecule has 0 saturated carbocycles. The second-order valence-electron chi connectivity index (χ2n) is 24.4. The summed E-state index contributed by atoms with van der Waals surface area (Å²) >= 11 is 0. The molecule has 480 valence electrons. The molecule has 0 aromatic rings. The summed E-state index contributed by atoms with van der Waals surface area (Å²) < 4.78 is 22.8. The molecule has 0 heterocycles. The molecule has 0 saturated heterocycles. The summed E-state index contributed by atoms with van der Waals surface area (Å²) in [7, 11) is 5.92. The molecule has 0 aliphatic rings. The van der Waals surface area contributed by atoms with Crippen molar-refractivity contribution in [3.8, 4) is 0 Å². The third kappa shape index (κ3) is 65.9. The van der Waals surface area contributed by atoms with E-state index >= 15 is 0 Å². The Balaban J connectivity index is 4.11. The van der Waals surface area contributed by atoms with Gasteiger partial charge in [-0.3, -0.25) is 9.59 Å². The number of aliphatic carboxylic acids is 1. The van der Waals surface area contributed by atoms with E-state index in [1.54, 1.807) is 0 Å². The van der Waals surface area contributed by atoms with Gasteiger partial charge in [0.05, 0.1) is 40.3 Å². The van der Waals surface area contributed by atoms with Crippen molar-refractivity contribution in [2.75, 3.05) is 47.5 Å². The molecule has 0 spiro atoms. The molecule has 9 nitrogen and oxygen atoms in total. The van der Waals surface area contributed by atoms with E-state index in [2.05, 4.69) is 98.9 Å². The van der Waals surface area contributed by atoms with E-state index < -0.39 is 24.3 Å². The van der Waals surface area contributed by atoms with Crippen LogP contribution in [0.5, 0.6) is 0 Å². The minimum absolute atomic E-state index is 0.142. The fourth-order valence-corrected chi connectivity index (χ4v) is 9.83. The third-order valence-electron chi connectivity index (χ3n) is 15.1. The first-order valence-electron chi connectivity index (χ1n) is 34.7. The number of hydrogen-bond donors (Lipinski definition) is 0. The Labute approximate surface area is 512 Å². The Morgan fingerprint density at radius 3 is 1.04 bits per heavy atom. The van der Waals surface area contributed by atoms with Gasteiger partial charge in [-0.2, -0.15) is 0 Å². The number of carboxylic acid groups (broad SMARTS) is 1. The highest BCUT2D eigenvalue weighted by Gasteiger charge is 2.22. The van der Waals surface area contributed by atoms with Crippen molar-refractivity contribution in [1.29, 1.82) is 0 Å². The smallest absolute Gasteiger partial charge is 0.306 e. The van der Waals surface area contributed by atoms with Gasteiger partial charge < -0.3 is 33.3 Å². The highest BCUT2D eigenvalue weighted by atomic mass is 16.7. The van der Waals surface area contributed by atoms with Gasteiger partial charge in [-0.1, -0.05) is 292 Å². The summed E-state index contributed by atoms with van der Waals surface area (Å²) in [6.07, 6.45) is 83.8. The highest BCUT2D eigenvalue weighted by molar-refractivity contribution is 5.70. The van der Waals surface area contributed by atoms with E-state index in [0.29, 0.717) is 17.4 Å². The van der Waals surface area contributed by atoms with Crippen LogP contribution in [0.2, 0.25) is 0 Å². The van der Waals surface area contributed by atoms with Crippen LogP contribution in [-0.4, -0.2) is 82.3 Å².